The van der Waals surface area contributed by atoms with Gasteiger partial charge in [0.05, 0.1) is 23.4 Å². The van der Waals surface area contributed by atoms with E-state index < -0.39 is 35.2 Å². The second kappa shape index (κ2) is 8.46. The number of nitrogens with two attached hydrogens (primary N) is 1. The highest BCUT2D eigenvalue weighted by molar-refractivity contribution is 6.06. The van der Waals surface area contributed by atoms with Crippen molar-refractivity contribution < 1.29 is 18.7 Å². The SMILES string of the molecule is CC(C)n1ncc2c(C(=O)OCC(=O)c3c(N)n(C)c(=O)n(C)c3=O)cc(-c3ccco3)nc21. The summed E-state index contributed by atoms with van der Waals surface area (Å²) in [5.74, 6) is -1.53. The van der Waals surface area contributed by atoms with Crippen LogP contribution in [0.1, 0.15) is 40.6 Å². The summed E-state index contributed by atoms with van der Waals surface area (Å²) in [4.78, 5) is 54.7. The molecule has 12 heteroatoms. The quantitative estimate of drug-likeness (QED) is 0.326. The van der Waals surface area contributed by atoms with Crippen molar-refractivity contribution in [3.8, 4) is 11.5 Å². The number of Topliss-reactive ketones (excluding diaryl/α,β-unsaturated/α-hetero) is 1. The Morgan fingerprint density at radius 1 is 1.21 bits per heavy atom. The monoisotopic (exact) mass is 466 g/mol. The molecule has 0 amide bonds. The molecule has 2 N–H and O–H groups in total. The van der Waals surface area contributed by atoms with Gasteiger partial charge in [-0.3, -0.25) is 18.7 Å². The topological polar surface area (TPSA) is 157 Å². The summed E-state index contributed by atoms with van der Waals surface area (Å²) in [6, 6.07) is 4.84. The Morgan fingerprint density at radius 3 is 2.59 bits per heavy atom. The number of anilines is 1. The zero-order chi connectivity index (χ0) is 24.7. The molecule has 0 aliphatic heterocycles. The Labute approximate surface area is 192 Å². The summed E-state index contributed by atoms with van der Waals surface area (Å²) in [6.45, 7) is 3.08. The van der Waals surface area contributed by atoms with E-state index in [-0.39, 0.29) is 17.4 Å². The van der Waals surface area contributed by atoms with Gasteiger partial charge in [-0.2, -0.15) is 5.10 Å². The van der Waals surface area contributed by atoms with Crippen LogP contribution in [0.25, 0.3) is 22.5 Å². The van der Waals surface area contributed by atoms with E-state index in [0.717, 1.165) is 9.13 Å². The number of esters is 1. The summed E-state index contributed by atoms with van der Waals surface area (Å²) >= 11 is 0. The average Bonchev–Trinajstić information content (AvgIpc) is 3.49. The molecule has 0 spiro atoms. The van der Waals surface area contributed by atoms with E-state index >= 15 is 0 Å². The van der Waals surface area contributed by atoms with Gasteiger partial charge in [-0.05, 0) is 32.0 Å². The molecule has 0 unspecified atom stereocenters. The van der Waals surface area contributed by atoms with Crippen molar-refractivity contribution in [1.29, 1.82) is 0 Å². The van der Waals surface area contributed by atoms with Gasteiger partial charge in [-0.1, -0.05) is 0 Å². The molecule has 0 aromatic carbocycles. The predicted molar refractivity (Wildman–Crippen MR) is 122 cm³/mol. The Kier molecular flexibility index (Phi) is 5.65. The molecule has 4 aromatic heterocycles. The van der Waals surface area contributed by atoms with Crippen LogP contribution in [-0.4, -0.2) is 42.3 Å². The molecule has 4 rings (SSSR count). The first-order chi connectivity index (χ1) is 16.1. The normalized spacial score (nSPS) is 11.3. The first-order valence-corrected chi connectivity index (χ1v) is 10.3. The number of furan rings is 1. The fourth-order valence-electron chi connectivity index (χ4n) is 3.52. The number of aromatic nitrogens is 5. The lowest BCUT2D eigenvalue weighted by Gasteiger charge is -2.12. The van der Waals surface area contributed by atoms with Crippen molar-refractivity contribution in [3.05, 3.63) is 62.6 Å². The van der Waals surface area contributed by atoms with Crippen LogP contribution < -0.4 is 17.0 Å². The summed E-state index contributed by atoms with van der Waals surface area (Å²) in [6.07, 6.45) is 2.98. The largest absolute Gasteiger partial charge is 0.463 e. The van der Waals surface area contributed by atoms with Crippen LogP contribution in [0.5, 0.6) is 0 Å². The van der Waals surface area contributed by atoms with Crippen LogP contribution in [0.3, 0.4) is 0 Å². The predicted octanol–water partition coefficient (Wildman–Crippen LogP) is 1.29. The van der Waals surface area contributed by atoms with Crippen LogP contribution in [0, 0.1) is 0 Å². The molecule has 4 heterocycles. The van der Waals surface area contributed by atoms with Crippen LogP contribution in [-0.2, 0) is 18.8 Å². The molecule has 0 bridgehead atoms. The van der Waals surface area contributed by atoms with Gasteiger partial charge in [0, 0.05) is 20.1 Å². The lowest BCUT2D eigenvalue weighted by atomic mass is 10.1. The zero-order valence-electron chi connectivity index (χ0n) is 18.9. The highest BCUT2D eigenvalue weighted by atomic mass is 16.5. The molecule has 0 atom stereocenters. The first-order valence-electron chi connectivity index (χ1n) is 10.3. The summed E-state index contributed by atoms with van der Waals surface area (Å²) < 4.78 is 14.0. The van der Waals surface area contributed by atoms with E-state index in [1.165, 1.54) is 32.6 Å². The Bertz CT molecular complexity index is 1540. The summed E-state index contributed by atoms with van der Waals surface area (Å²) in [7, 11) is 2.55. The first kappa shape index (κ1) is 22.7. The van der Waals surface area contributed by atoms with Crippen molar-refractivity contribution in [2.24, 2.45) is 14.1 Å². The lowest BCUT2D eigenvalue weighted by molar-refractivity contribution is 0.0476. The van der Waals surface area contributed by atoms with Gasteiger partial charge in [0.2, 0.25) is 5.78 Å². The molecule has 0 saturated carbocycles. The van der Waals surface area contributed by atoms with Crippen LogP contribution in [0.4, 0.5) is 5.82 Å². The molecule has 176 valence electrons. The van der Waals surface area contributed by atoms with Crippen molar-refractivity contribution in [2.45, 2.75) is 19.9 Å². The molecular formula is C22H22N6O6. The van der Waals surface area contributed by atoms with Gasteiger partial charge in [0.15, 0.2) is 18.0 Å². The molecule has 0 aliphatic rings. The van der Waals surface area contributed by atoms with Crippen molar-refractivity contribution in [1.82, 2.24) is 23.9 Å². The van der Waals surface area contributed by atoms with Gasteiger partial charge < -0.3 is 14.9 Å². The fourth-order valence-corrected chi connectivity index (χ4v) is 3.52. The number of fused-ring (bicyclic) bond motifs is 1. The fraction of sp³-hybridized carbons (Fsp3) is 0.273. The van der Waals surface area contributed by atoms with Crippen molar-refractivity contribution >= 4 is 28.6 Å². The number of rotatable bonds is 6. The average molecular weight is 466 g/mol. The van der Waals surface area contributed by atoms with Crippen LogP contribution in [0.15, 0.2) is 44.7 Å². The van der Waals surface area contributed by atoms with E-state index in [1.807, 2.05) is 13.8 Å². The molecule has 12 nitrogen and oxygen atoms in total. The summed E-state index contributed by atoms with van der Waals surface area (Å²) in [5.41, 5.74) is 4.78. The second-order valence-electron chi connectivity index (χ2n) is 7.92. The number of ketones is 1. The lowest BCUT2D eigenvalue weighted by Crippen LogP contribution is -2.42. The van der Waals surface area contributed by atoms with E-state index in [0.29, 0.717) is 22.5 Å². The highest BCUT2D eigenvalue weighted by Gasteiger charge is 2.24. The molecule has 34 heavy (non-hydrogen) atoms. The number of nitrogens with zero attached hydrogens (tertiary/aromatic N) is 5. The number of carbonyl (C=O) groups is 2. The van der Waals surface area contributed by atoms with E-state index in [2.05, 4.69) is 10.1 Å². The smallest absolute Gasteiger partial charge is 0.339 e. The minimum absolute atomic E-state index is 0.0359. The zero-order valence-corrected chi connectivity index (χ0v) is 18.9. The van der Waals surface area contributed by atoms with Crippen LogP contribution in [0.2, 0.25) is 0 Å². The number of hydrogen-bond donors (Lipinski definition) is 1. The highest BCUT2D eigenvalue weighted by Crippen LogP contribution is 2.27. The third kappa shape index (κ3) is 3.68. The van der Waals surface area contributed by atoms with Crippen molar-refractivity contribution in [3.63, 3.8) is 0 Å². The molecular weight excluding hydrogens is 444 g/mol. The summed E-state index contributed by atoms with van der Waals surface area (Å²) in [5, 5.41) is 4.74. The van der Waals surface area contributed by atoms with Gasteiger partial charge >= 0.3 is 11.7 Å². The molecule has 0 fully saturated rings. The number of hydrogen-bond acceptors (Lipinski definition) is 9. The van der Waals surface area contributed by atoms with Gasteiger partial charge in [-0.25, -0.2) is 19.3 Å². The molecule has 0 radical (unpaired) electrons. The second-order valence-corrected chi connectivity index (χ2v) is 7.92. The molecule has 0 saturated heterocycles. The van der Waals surface area contributed by atoms with Gasteiger partial charge in [0.25, 0.3) is 5.56 Å². The minimum Gasteiger partial charge on any atom is -0.463 e. The third-order valence-electron chi connectivity index (χ3n) is 5.37. The standard InChI is InChI=1S/C22H22N6O6/c1-11(2)28-19-13(9-24-28)12(8-14(25-19)16-6-5-7-33-16)21(31)34-10-15(29)17-18(23)26(3)22(32)27(4)20(17)30/h5-9,11H,10,23H2,1-4H3. The number of pyridine rings is 1. The minimum atomic E-state index is -0.869. The molecule has 0 aliphatic carbocycles. The molecule has 4 aromatic rings. The maximum Gasteiger partial charge on any atom is 0.339 e. The van der Waals surface area contributed by atoms with E-state index in [4.69, 9.17) is 14.9 Å². The van der Waals surface area contributed by atoms with Gasteiger partial charge in [0.1, 0.15) is 17.1 Å². The maximum atomic E-state index is 13.0. The Hall–Kier alpha value is -4.48. The number of ether oxygens (including phenoxy) is 1. The number of nitrogen functional groups attached to an aromatic ring is 1. The van der Waals surface area contributed by atoms with Gasteiger partial charge in [-0.15, -0.1) is 0 Å². The maximum absolute atomic E-state index is 13.0. The Balaban J connectivity index is 1.70. The Morgan fingerprint density at radius 2 is 1.94 bits per heavy atom. The van der Waals surface area contributed by atoms with Crippen molar-refractivity contribution in [2.75, 3.05) is 12.3 Å². The number of carbonyl (C=O) groups excluding carboxylic acids is 2. The van der Waals surface area contributed by atoms with E-state index in [9.17, 15) is 19.2 Å². The third-order valence-corrected chi connectivity index (χ3v) is 5.37. The van der Waals surface area contributed by atoms with E-state index in [1.54, 1.807) is 16.8 Å². The van der Waals surface area contributed by atoms with Crippen LogP contribution >= 0.6 is 0 Å².